The van der Waals surface area contributed by atoms with E-state index in [4.69, 9.17) is 10.6 Å². The zero-order chi connectivity index (χ0) is 10.9. The van der Waals surface area contributed by atoms with Gasteiger partial charge in [0.2, 0.25) is 5.96 Å². The van der Waals surface area contributed by atoms with Crippen LogP contribution in [0.1, 0.15) is 6.42 Å². The highest BCUT2D eigenvalue weighted by atomic mass is 32.2. The maximum atomic E-state index is 5.35. The maximum absolute atomic E-state index is 5.35. The van der Waals surface area contributed by atoms with Crippen molar-refractivity contribution in [2.24, 2.45) is 16.8 Å². The average molecular weight is 232 g/mol. The summed E-state index contributed by atoms with van der Waals surface area (Å²) in [6.07, 6.45) is 1.27. The molecule has 0 aliphatic carbocycles. The monoisotopic (exact) mass is 232 g/mol. The van der Waals surface area contributed by atoms with Gasteiger partial charge >= 0.3 is 0 Å². The molecule has 0 aromatic carbocycles. The van der Waals surface area contributed by atoms with Gasteiger partial charge in [0.05, 0.1) is 6.61 Å². The number of aliphatic imine (C=N–C) groups is 1. The molecular weight excluding hydrogens is 212 g/mol. The largest absolute Gasteiger partial charge is 0.383 e. The lowest BCUT2D eigenvalue weighted by atomic mass is 10.1. The van der Waals surface area contributed by atoms with Crippen molar-refractivity contribution in [3.63, 3.8) is 0 Å². The Kier molecular flexibility index (Phi) is 6.54. The average Bonchev–Trinajstić information content (AvgIpc) is 2.76. The number of hydrogen-bond donors (Lipinski definition) is 3. The first-order chi connectivity index (χ1) is 7.36. The SMILES string of the molecule is COCCNC(=NCC1CCSC1)NN. The molecule has 0 bridgehead atoms. The molecule has 0 saturated carbocycles. The molecule has 6 heteroatoms. The fraction of sp³-hybridized carbons (Fsp3) is 0.889. The minimum absolute atomic E-state index is 0.653. The molecule has 15 heavy (non-hydrogen) atoms. The van der Waals surface area contributed by atoms with Crippen molar-refractivity contribution in [3.8, 4) is 0 Å². The number of nitrogens with two attached hydrogens (primary N) is 1. The topological polar surface area (TPSA) is 71.7 Å². The van der Waals surface area contributed by atoms with Gasteiger partial charge in [0.25, 0.3) is 0 Å². The van der Waals surface area contributed by atoms with E-state index in [2.05, 4.69) is 15.7 Å². The number of thioether (sulfide) groups is 1. The van der Waals surface area contributed by atoms with Crippen LogP contribution in [0.15, 0.2) is 4.99 Å². The summed E-state index contributed by atoms with van der Waals surface area (Å²) in [6.45, 7) is 2.23. The van der Waals surface area contributed by atoms with Crippen molar-refractivity contribution >= 4 is 17.7 Å². The summed E-state index contributed by atoms with van der Waals surface area (Å²) in [6, 6.07) is 0. The van der Waals surface area contributed by atoms with Crippen LogP contribution in [-0.4, -0.2) is 44.3 Å². The van der Waals surface area contributed by atoms with Gasteiger partial charge in [-0.3, -0.25) is 10.4 Å². The molecule has 1 atom stereocenters. The Hall–Kier alpha value is -0.460. The van der Waals surface area contributed by atoms with Crippen LogP contribution in [0.4, 0.5) is 0 Å². The molecule has 0 amide bonds. The number of ether oxygens (including phenoxy) is 1. The zero-order valence-electron chi connectivity index (χ0n) is 9.16. The molecule has 0 aromatic rings. The Bertz CT molecular complexity index is 195. The number of methoxy groups -OCH3 is 1. The van der Waals surface area contributed by atoms with Crippen LogP contribution in [0.25, 0.3) is 0 Å². The van der Waals surface area contributed by atoms with Gasteiger partial charge in [0, 0.05) is 20.2 Å². The van der Waals surface area contributed by atoms with Crippen molar-refractivity contribution in [3.05, 3.63) is 0 Å². The first-order valence-corrected chi connectivity index (χ1v) is 6.34. The minimum atomic E-state index is 0.653. The summed E-state index contributed by atoms with van der Waals surface area (Å²) in [5.41, 5.74) is 2.56. The quantitative estimate of drug-likeness (QED) is 0.201. The first-order valence-electron chi connectivity index (χ1n) is 5.18. The van der Waals surface area contributed by atoms with E-state index in [1.807, 2.05) is 11.8 Å². The highest BCUT2D eigenvalue weighted by Crippen LogP contribution is 2.23. The normalized spacial score (nSPS) is 21.7. The Morgan fingerprint density at radius 3 is 3.13 bits per heavy atom. The summed E-state index contributed by atoms with van der Waals surface area (Å²) < 4.78 is 4.93. The van der Waals surface area contributed by atoms with Gasteiger partial charge in [-0.15, -0.1) is 0 Å². The van der Waals surface area contributed by atoms with Gasteiger partial charge < -0.3 is 10.1 Å². The van der Waals surface area contributed by atoms with Crippen molar-refractivity contribution in [2.75, 3.05) is 38.3 Å². The Morgan fingerprint density at radius 2 is 2.53 bits per heavy atom. The molecule has 1 saturated heterocycles. The molecule has 0 aromatic heterocycles. The summed E-state index contributed by atoms with van der Waals surface area (Å²) in [5, 5.41) is 3.08. The predicted molar refractivity (Wildman–Crippen MR) is 64.9 cm³/mol. The van der Waals surface area contributed by atoms with E-state index >= 15 is 0 Å². The fourth-order valence-corrected chi connectivity index (χ4v) is 2.64. The highest BCUT2D eigenvalue weighted by Gasteiger charge is 2.14. The van der Waals surface area contributed by atoms with E-state index < -0.39 is 0 Å². The lowest BCUT2D eigenvalue weighted by molar-refractivity contribution is 0.203. The third kappa shape index (κ3) is 5.25. The van der Waals surface area contributed by atoms with E-state index in [1.165, 1.54) is 17.9 Å². The number of nitrogens with one attached hydrogen (secondary N) is 2. The van der Waals surface area contributed by atoms with E-state index in [9.17, 15) is 0 Å². The molecule has 1 rings (SSSR count). The molecule has 1 heterocycles. The van der Waals surface area contributed by atoms with Crippen LogP contribution >= 0.6 is 11.8 Å². The predicted octanol–water partition coefficient (Wildman–Crippen LogP) is -0.205. The van der Waals surface area contributed by atoms with Gasteiger partial charge in [-0.1, -0.05) is 0 Å². The fourth-order valence-electron chi connectivity index (χ4n) is 1.37. The molecule has 1 aliphatic rings. The molecule has 0 radical (unpaired) electrons. The minimum Gasteiger partial charge on any atom is -0.383 e. The summed E-state index contributed by atoms with van der Waals surface area (Å²) in [7, 11) is 1.67. The Labute approximate surface area is 95.2 Å². The van der Waals surface area contributed by atoms with Gasteiger partial charge in [-0.25, -0.2) is 5.84 Å². The third-order valence-corrected chi connectivity index (χ3v) is 3.50. The summed E-state index contributed by atoms with van der Waals surface area (Å²) in [4.78, 5) is 4.40. The van der Waals surface area contributed by atoms with E-state index in [1.54, 1.807) is 7.11 Å². The maximum Gasteiger partial charge on any atom is 0.205 e. The third-order valence-electron chi connectivity index (χ3n) is 2.27. The number of rotatable bonds is 5. The smallest absolute Gasteiger partial charge is 0.205 e. The van der Waals surface area contributed by atoms with Crippen LogP contribution in [0.5, 0.6) is 0 Å². The Balaban J connectivity index is 2.19. The summed E-state index contributed by atoms with van der Waals surface area (Å²) in [5.74, 6) is 9.21. The second-order valence-electron chi connectivity index (χ2n) is 3.48. The molecule has 1 unspecified atom stereocenters. The number of guanidine groups is 1. The van der Waals surface area contributed by atoms with Gasteiger partial charge in [0.15, 0.2) is 0 Å². The van der Waals surface area contributed by atoms with Crippen molar-refractivity contribution in [1.82, 2.24) is 10.7 Å². The van der Waals surface area contributed by atoms with Crippen LogP contribution in [0.3, 0.4) is 0 Å². The standard InChI is InChI=1S/C9H20N4OS/c1-14-4-3-11-9(13-10)12-6-8-2-5-15-7-8/h8H,2-7,10H2,1H3,(H2,11,12,13). The lowest BCUT2D eigenvalue weighted by Crippen LogP contribution is -2.43. The first kappa shape index (κ1) is 12.6. The zero-order valence-corrected chi connectivity index (χ0v) is 9.98. The Morgan fingerprint density at radius 1 is 1.67 bits per heavy atom. The van der Waals surface area contributed by atoms with Crippen LogP contribution < -0.4 is 16.6 Å². The molecule has 0 spiro atoms. The second-order valence-corrected chi connectivity index (χ2v) is 4.63. The van der Waals surface area contributed by atoms with Gasteiger partial charge in [0.1, 0.15) is 0 Å². The number of nitrogens with zero attached hydrogens (tertiary/aromatic N) is 1. The number of hydrogen-bond acceptors (Lipinski definition) is 4. The van der Waals surface area contributed by atoms with Crippen LogP contribution in [0, 0.1) is 5.92 Å². The molecule has 4 N–H and O–H groups in total. The summed E-state index contributed by atoms with van der Waals surface area (Å²) >= 11 is 2.00. The molecule has 88 valence electrons. The lowest BCUT2D eigenvalue weighted by Gasteiger charge is -2.10. The second kappa shape index (κ2) is 7.78. The van der Waals surface area contributed by atoms with E-state index in [-0.39, 0.29) is 0 Å². The molecular formula is C9H20N4OS. The van der Waals surface area contributed by atoms with Gasteiger partial charge in [-0.2, -0.15) is 11.8 Å². The van der Waals surface area contributed by atoms with E-state index in [0.29, 0.717) is 18.5 Å². The number of hydrazine groups is 1. The van der Waals surface area contributed by atoms with Crippen molar-refractivity contribution < 1.29 is 4.74 Å². The molecule has 1 fully saturated rings. The molecule has 5 nitrogen and oxygen atoms in total. The van der Waals surface area contributed by atoms with Gasteiger partial charge in [-0.05, 0) is 23.8 Å². The van der Waals surface area contributed by atoms with Crippen LogP contribution in [0.2, 0.25) is 0 Å². The van der Waals surface area contributed by atoms with Crippen molar-refractivity contribution in [2.45, 2.75) is 6.42 Å². The molecule has 1 aliphatic heterocycles. The van der Waals surface area contributed by atoms with Crippen molar-refractivity contribution in [1.29, 1.82) is 0 Å². The van der Waals surface area contributed by atoms with E-state index in [0.717, 1.165) is 13.1 Å². The van der Waals surface area contributed by atoms with Crippen LogP contribution in [-0.2, 0) is 4.74 Å². The highest BCUT2D eigenvalue weighted by molar-refractivity contribution is 7.99.